The molecule has 278 valence electrons. The molecule has 0 aliphatic carbocycles. The lowest BCUT2D eigenvalue weighted by Gasteiger charge is -2.37. The van der Waals surface area contributed by atoms with Gasteiger partial charge in [-0.15, -0.1) is 0 Å². The Balaban J connectivity index is 2.83. The van der Waals surface area contributed by atoms with Crippen molar-refractivity contribution in [2.45, 2.75) is 209 Å². The van der Waals surface area contributed by atoms with E-state index in [1.807, 2.05) is 0 Å². The minimum Gasteiger partial charge on any atom is -0.0585 e. The first kappa shape index (κ1) is 42.9. The Morgan fingerprint density at radius 2 is 0.480 bits per heavy atom. The molecule has 3 aromatic rings. The summed E-state index contributed by atoms with van der Waals surface area (Å²) in [7, 11) is 2.70. The van der Waals surface area contributed by atoms with E-state index in [0.29, 0.717) is 0 Å². The van der Waals surface area contributed by atoms with Gasteiger partial charge in [-0.1, -0.05) is 207 Å². The van der Waals surface area contributed by atoms with E-state index >= 15 is 0 Å². The van der Waals surface area contributed by atoms with Crippen LogP contribution in [-0.2, 0) is 43.3 Å². The van der Waals surface area contributed by atoms with Crippen LogP contribution in [0.1, 0.15) is 211 Å². The molecule has 50 heavy (non-hydrogen) atoms. The third-order valence-corrected chi connectivity index (χ3v) is 13.0. The maximum atomic E-state index is 2.56. The number of benzene rings is 2. The average Bonchev–Trinajstić information content (AvgIpc) is 2.83. The monoisotopic (exact) mass is 715 g/mol. The molecule has 0 saturated carbocycles. The fourth-order valence-electron chi connectivity index (χ4n) is 6.98. The summed E-state index contributed by atoms with van der Waals surface area (Å²) >= 11 is 0. The summed E-state index contributed by atoms with van der Waals surface area (Å²) in [4.78, 5) is 3.12. The molecule has 2 heteroatoms. The fraction of sp³-hybridized carbons (Fsp3) is 0.667. The van der Waals surface area contributed by atoms with Crippen LogP contribution in [0.3, 0.4) is 0 Å². The van der Waals surface area contributed by atoms with E-state index in [1.54, 1.807) is 21.0 Å². The van der Waals surface area contributed by atoms with Crippen molar-refractivity contribution in [1.29, 1.82) is 0 Å². The second kappa shape index (κ2) is 13.1. The fourth-order valence-corrected chi connectivity index (χ4v) is 11.4. The lowest BCUT2D eigenvalue weighted by atomic mass is 9.72. The highest BCUT2D eigenvalue weighted by Gasteiger charge is 2.36. The Bertz CT molecular complexity index is 1620. The molecule has 3 aromatic carbocycles. The van der Waals surface area contributed by atoms with Gasteiger partial charge in [0.15, 0.2) is 0 Å². The van der Waals surface area contributed by atoms with Crippen molar-refractivity contribution in [3.63, 3.8) is 0 Å². The first-order valence-electron chi connectivity index (χ1n) is 19.2. The molecule has 0 atom stereocenters. The van der Waals surface area contributed by atoms with Crippen molar-refractivity contribution >= 4 is 27.0 Å². The van der Waals surface area contributed by atoms with E-state index < -0.39 is 0 Å². The van der Waals surface area contributed by atoms with Crippen molar-refractivity contribution in [3.05, 3.63) is 78.7 Å². The SMILES string of the molecule is CC(C)(C)c1cc(C(C)(C)C)c(P=c2c(C(C)(C)C)c(C(C)(C)C)c2=Pc2c(C(C)(C)C)cc(C(C)(C)C)cc2C(C)(C)C)c(C(C)(C)C)c1. The van der Waals surface area contributed by atoms with Crippen LogP contribution >= 0.6 is 16.4 Å². The minimum absolute atomic E-state index is 0.0197. The third-order valence-electron chi connectivity index (χ3n) is 10.1. The Hall–Kier alpha value is -1.48. The summed E-state index contributed by atoms with van der Waals surface area (Å²) in [6.45, 7) is 57.8. The van der Waals surface area contributed by atoms with Crippen molar-refractivity contribution in [3.8, 4) is 0 Å². The zero-order valence-corrected chi connectivity index (χ0v) is 39.0. The largest absolute Gasteiger partial charge is 0.0585 e. The van der Waals surface area contributed by atoms with E-state index in [4.69, 9.17) is 0 Å². The van der Waals surface area contributed by atoms with Crippen molar-refractivity contribution in [2.75, 3.05) is 0 Å². The summed E-state index contributed by atoms with van der Waals surface area (Å²) in [5.41, 5.74) is 12.3. The highest BCUT2D eigenvalue weighted by Crippen LogP contribution is 2.46. The quantitative estimate of drug-likeness (QED) is 0.232. The van der Waals surface area contributed by atoms with Gasteiger partial charge < -0.3 is 0 Å². The molecular weight excluding hydrogens is 638 g/mol. The first-order chi connectivity index (χ1) is 21.9. The minimum atomic E-state index is 0.0197. The zero-order chi connectivity index (χ0) is 39.2. The lowest BCUT2D eigenvalue weighted by molar-refractivity contribution is 0.516. The van der Waals surface area contributed by atoms with Gasteiger partial charge in [0, 0.05) is 20.5 Å². The van der Waals surface area contributed by atoms with Crippen molar-refractivity contribution in [1.82, 2.24) is 0 Å². The predicted molar refractivity (Wildman–Crippen MR) is 231 cm³/mol. The number of hydrogen-bond acceptors (Lipinski definition) is 0. The molecule has 0 amide bonds. The molecule has 0 saturated heterocycles. The summed E-state index contributed by atoms with van der Waals surface area (Å²) in [5, 5.41) is 3.04. The predicted octanol–water partition coefficient (Wildman–Crippen LogP) is 14.5. The third kappa shape index (κ3) is 9.17. The molecule has 0 nitrogen and oxygen atoms in total. The highest BCUT2D eigenvalue weighted by molar-refractivity contribution is 7.42. The van der Waals surface area contributed by atoms with E-state index in [2.05, 4.69) is 190 Å². The van der Waals surface area contributed by atoms with Gasteiger partial charge in [-0.3, -0.25) is 0 Å². The van der Waals surface area contributed by atoms with Crippen LogP contribution in [0, 0.1) is 9.88 Å². The molecule has 3 rings (SSSR count). The van der Waals surface area contributed by atoms with Crippen LogP contribution < -0.4 is 10.6 Å². The molecule has 0 aromatic heterocycles. The molecule has 0 fully saturated rings. The van der Waals surface area contributed by atoms with E-state index in [-0.39, 0.29) is 43.3 Å². The number of hydrogen-bond donors (Lipinski definition) is 0. The van der Waals surface area contributed by atoms with Crippen molar-refractivity contribution < 1.29 is 0 Å². The summed E-state index contributed by atoms with van der Waals surface area (Å²) in [5.74, 6) is 0. The van der Waals surface area contributed by atoms with E-state index in [1.165, 1.54) is 60.4 Å². The van der Waals surface area contributed by atoms with Crippen LogP contribution in [0.2, 0.25) is 0 Å². The van der Waals surface area contributed by atoms with Gasteiger partial charge in [-0.05, 0) is 87.8 Å². The van der Waals surface area contributed by atoms with Gasteiger partial charge in [0.2, 0.25) is 0 Å². The van der Waals surface area contributed by atoms with E-state index in [9.17, 15) is 0 Å². The summed E-state index contributed by atoms with van der Waals surface area (Å²) < 4.78 is 0. The van der Waals surface area contributed by atoms with Crippen LogP contribution in [0.15, 0.2) is 24.3 Å². The molecule has 0 N–H and O–H groups in total. The Kier molecular flexibility index (Phi) is 11.3. The molecule has 0 spiro atoms. The molecule has 0 aliphatic heterocycles. The molecule has 0 bridgehead atoms. The molecule has 0 radical (unpaired) electrons. The molecular formula is C48H76P2. The van der Waals surface area contributed by atoms with Gasteiger partial charge in [0.1, 0.15) is 0 Å². The second-order valence-electron chi connectivity index (χ2n) is 23.5. The highest BCUT2D eigenvalue weighted by atomic mass is 31.1. The van der Waals surface area contributed by atoms with Gasteiger partial charge in [-0.2, -0.15) is 0 Å². The Labute approximate surface area is 314 Å². The molecule has 0 heterocycles. The van der Waals surface area contributed by atoms with E-state index in [0.717, 1.165) is 0 Å². The zero-order valence-electron chi connectivity index (χ0n) is 37.2. The van der Waals surface area contributed by atoms with Crippen LogP contribution in [-0.4, -0.2) is 0 Å². The molecule has 0 unspecified atom stereocenters. The lowest BCUT2D eigenvalue weighted by Crippen LogP contribution is -2.31. The van der Waals surface area contributed by atoms with Crippen LogP contribution in [0.4, 0.5) is 0 Å². The van der Waals surface area contributed by atoms with Gasteiger partial charge >= 0.3 is 0 Å². The standard InChI is InChI=1S/C48H76P2/c1-41(2,3)29-25-31(43(7,8)9)37(32(26-29)44(10,11)12)49-39-35(47(19,20)21)36(48(22,23)24)40(39)50-38-33(45(13,14)15)27-30(42(4,5)6)28-34(38)46(16,17)18/h25-28H,1-24H3. The van der Waals surface area contributed by atoms with Crippen LogP contribution in [0.5, 0.6) is 0 Å². The maximum absolute atomic E-state index is 2.56. The van der Waals surface area contributed by atoms with Gasteiger partial charge in [0.05, 0.1) is 0 Å². The summed E-state index contributed by atoms with van der Waals surface area (Å²) in [6, 6.07) is 10.2. The molecule has 0 aliphatic rings. The normalized spacial score (nSPS) is 15.4. The van der Waals surface area contributed by atoms with Gasteiger partial charge in [0.25, 0.3) is 0 Å². The smallest absolute Gasteiger partial charge is 0.0186 e. The Morgan fingerprint density at radius 1 is 0.280 bits per heavy atom. The number of rotatable bonds is 2. The second-order valence-corrected chi connectivity index (χ2v) is 25.7. The first-order valence-corrected chi connectivity index (χ1v) is 21.0. The van der Waals surface area contributed by atoms with Crippen LogP contribution in [0.25, 0.3) is 0 Å². The average molecular weight is 715 g/mol. The maximum Gasteiger partial charge on any atom is 0.0186 e. The Morgan fingerprint density at radius 3 is 0.620 bits per heavy atom. The topological polar surface area (TPSA) is 0 Å². The van der Waals surface area contributed by atoms with Gasteiger partial charge in [-0.25, -0.2) is 0 Å². The summed E-state index contributed by atoms with van der Waals surface area (Å²) in [6.07, 6.45) is 0. The van der Waals surface area contributed by atoms with Crippen molar-refractivity contribution in [2.24, 2.45) is 0 Å².